The lowest BCUT2D eigenvalue weighted by Gasteiger charge is -2.12. The van der Waals surface area contributed by atoms with Crippen molar-refractivity contribution in [3.63, 3.8) is 0 Å². The van der Waals surface area contributed by atoms with E-state index >= 15 is 0 Å². The second-order valence-electron chi connectivity index (χ2n) is 5.52. The van der Waals surface area contributed by atoms with Crippen molar-refractivity contribution < 1.29 is 23.8 Å². The molecule has 0 fully saturated rings. The van der Waals surface area contributed by atoms with Crippen LogP contribution in [-0.2, 0) is 14.3 Å². The van der Waals surface area contributed by atoms with E-state index in [0.717, 1.165) is 6.42 Å². The van der Waals surface area contributed by atoms with E-state index in [1.807, 2.05) is 13.8 Å². The average molecular weight is 372 g/mol. The van der Waals surface area contributed by atoms with Crippen LogP contribution in [0.2, 0.25) is 0 Å². The molecule has 0 atom stereocenters. The number of hydrogen-bond donors (Lipinski definition) is 1. The highest BCUT2D eigenvalue weighted by Gasteiger charge is 2.13. The van der Waals surface area contributed by atoms with Crippen LogP contribution in [-0.4, -0.2) is 31.6 Å². The van der Waals surface area contributed by atoms with Gasteiger partial charge < -0.3 is 19.9 Å². The zero-order chi connectivity index (χ0) is 20.2. The molecule has 144 valence electrons. The summed E-state index contributed by atoms with van der Waals surface area (Å²) in [6, 6.07) is 6.98. The van der Waals surface area contributed by atoms with Crippen molar-refractivity contribution in [2.75, 3.05) is 19.8 Å². The second-order valence-corrected chi connectivity index (χ2v) is 5.52. The maximum Gasteiger partial charge on any atom is 0.331 e. The minimum atomic E-state index is -0.709. The summed E-state index contributed by atoms with van der Waals surface area (Å²) in [6.45, 7) is 5.83. The maximum atomic E-state index is 11.8. The van der Waals surface area contributed by atoms with Crippen LogP contribution in [0.5, 0.6) is 11.5 Å². The molecule has 27 heavy (non-hydrogen) atoms. The van der Waals surface area contributed by atoms with E-state index in [4.69, 9.17) is 25.2 Å². The summed E-state index contributed by atoms with van der Waals surface area (Å²) in [6.07, 6.45) is 3.61. The molecule has 0 aliphatic rings. The molecule has 0 saturated heterocycles. The van der Waals surface area contributed by atoms with Gasteiger partial charge in [-0.15, -0.1) is 0 Å². The lowest BCUT2D eigenvalue weighted by Crippen LogP contribution is -2.16. The van der Waals surface area contributed by atoms with E-state index in [0.29, 0.717) is 30.3 Å². The first-order valence-corrected chi connectivity index (χ1v) is 8.57. The van der Waals surface area contributed by atoms with Gasteiger partial charge in [0.15, 0.2) is 18.1 Å². The van der Waals surface area contributed by atoms with Gasteiger partial charge in [-0.25, -0.2) is 4.79 Å². The van der Waals surface area contributed by atoms with E-state index in [1.165, 1.54) is 19.1 Å². The van der Waals surface area contributed by atoms with Crippen molar-refractivity contribution >= 4 is 17.8 Å². The summed E-state index contributed by atoms with van der Waals surface area (Å²) in [5.41, 5.74) is 6.01. The minimum absolute atomic E-state index is 0.0860. The molecule has 1 rings (SSSR count). The Balaban J connectivity index is 2.74. The molecule has 0 aliphatic heterocycles. The molecule has 2 N–H and O–H groups in total. The number of allylic oxidation sites excluding steroid dienone is 1. The van der Waals surface area contributed by atoms with Gasteiger partial charge in [-0.3, -0.25) is 4.79 Å². The van der Waals surface area contributed by atoms with Crippen molar-refractivity contribution in [2.45, 2.75) is 27.2 Å². The monoisotopic (exact) mass is 372 g/mol. The van der Waals surface area contributed by atoms with Gasteiger partial charge in [0.05, 0.1) is 13.2 Å². The smallest absolute Gasteiger partial charge is 0.331 e. The topological polar surface area (TPSA) is 112 Å². The number of rotatable bonds is 10. The molecule has 0 spiro atoms. The standard InChI is InChI=1S/C20H24N2O5/c1-4-10-26-18-8-6-15(11-19(18)25-5-2)7-9-20(24)27-13-17(23)16(12-21)14(3)22/h6-9,11H,4-5,10,13,22H2,1-3H3/b9-7+,16-14-. The van der Waals surface area contributed by atoms with Crippen LogP contribution in [0.1, 0.15) is 32.8 Å². The third kappa shape index (κ3) is 7.24. The summed E-state index contributed by atoms with van der Waals surface area (Å²) in [5.74, 6) is -0.134. The van der Waals surface area contributed by atoms with Crippen LogP contribution in [0.3, 0.4) is 0 Å². The van der Waals surface area contributed by atoms with E-state index in [2.05, 4.69) is 0 Å². The molecule has 7 nitrogen and oxygen atoms in total. The quantitative estimate of drug-likeness (QED) is 0.382. The third-order valence-electron chi connectivity index (χ3n) is 3.27. The fraction of sp³-hybridized carbons (Fsp3) is 0.350. The Bertz CT molecular complexity index is 771. The third-order valence-corrected chi connectivity index (χ3v) is 3.27. The van der Waals surface area contributed by atoms with Gasteiger partial charge in [0, 0.05) is 11.8 Å². The number of ether oxygens (including phenoxy) is 3. The number of ketones is 1. The van der Waals surface area contributed by atoms with Crippen LogP contribution < -0.4 is 15.2 Å². The van der Waals surface area contributed by atoms with Crippen LogP contribution in [0, 0.1) is 11.3 Å². The van der Waals surface area contributed by atoms with Crippen LogP contribution in [0.25, 0.3) is 6.08 Å². The van der Waals surface area contributed by atoms with E-state index in [1.54, 1.807) is 24.3 Å². The molecule has 0 aromatic heterocycles. The molecular weight excluding hydrogens is 348 g/mol. The Hall–Kier alpha value is -3.27. The predicted molar refractivity (Wildman–Crippen MR) is 101 cm³/mol. The average Bonchev–Trinajstić information content (AvgIpc) is 2.64. The maximum absolute atomic E-state index is 11.8. The van der Waals surface area contributed by atoms with Gasteiger partial charge in [-0.2, -0.15) is 5.26 Å². The SMILES string of the molecule is CCCOc1ccc(/C=C/C(=O)OCC(=O)/C(C#N)=C(/C)N)cc1OCC. The number of nitriles is 1. The van der Waals surface area contributed by atoms with Crippen LogP contribution in [0.15, 0.2) is 35.5 Å². The highest BCUT2D eigenvalue weighted by atomic mass is 16.5. The fourth-order valence-corrected chi connectivity index (χ4v) is 2.02. The molecule has 0 saturated carbocycles. The first-order chi connectivity index (χ1) is 12.9. The lowest BCUT2D eigenvalue weighted by atomic mass is 10.1. The number of benzene rings is 1. The molecule has 1 aromatic rings. The normalized spacial score (nSPS) is 11.5. The number of nitrogens with zero attached hydrogens (tertiary/aromatic N) is 1. The van der Waals surface area contributed by atoms with Crippen molar-refractivity contribution in [3.8, 4) is 17.6 Å². The number of carbonyl (C=O) groups excluding carboxylic acids is 2. The Morgan fingerprint density at radius 1 is 1.22 bits per heavy atom. The van der Waals surface area contributed by atoms with E-state index in [-0.39, 0.29) is 11.3 Å². The summed E-state index contributed by atoms with van der Waals surface area (Å²) < 4.78 is 16.0. The molecular formula is C20H24N2O5. The predicted octanol–water partition coefficient (Wildman–Crippen LogP) is 2.76. The largest absolute Gasteiger partial charge is 0.490 e. The molecule has 0 heterocycles. The summed E-state index contributed by atoms with van der Waals surface area (Å²) >= 11 is 0. The first kappa shape index (κ1) is 21.8. The number of Topliss-reactive ketones (excluding diaryl/α,β-unsaturated/α-hetero) is 1. The van der Waals surface area contributed by atoms with E-state index < -0.39 is 18.4 Å². The van der Waals surface area contributed by atoms with E-state index in [9.17, 15) is 9.59 Å². The van der Waals surface area contributed by atoms with Crippen molar-refractivity contribution in [1.82, 2.24) is 0 Å². The van der Waals surface area contributed by atoms with Gasteiger partial charge in [-0.05, 0) is 44.0 Å². The van der Waals surface area contributed by atoms with Gasteiger partial charge >= 0.3 is 5.97 Å². The molecule has 0 unspecified atom stereocenters. The zero-order valence-corrected chi connectivity index (χ0v) is 15.8. The van der Waals surface area contributed by atoms with Crippen molar-refractivity contribution in [3.05, 3.63) is 41.1 Å². The van der Waals surface area contributed by atoms with Crippen LogP contribution in [0.4, 0.5) is 0 Å². The molecule has 0 radical (unpaired) electrons. The molecule has 7 heteroatoms. The Kier molecular flexibility index (Phi) is 9.16. The van der Waals surface area contributed by atoms with Gasteiger partial charge in [0.25, 0.3) is 0 Å². The fourth-order valence-electron chi connectivity index (χ4n) is 2.02. The first-order valence-electron chi connectivity index (χ1n) is 8.57. The Labute approximate surface area is 159 Å². The second kappa shape index (κ2) is 11.4. The van der Waals surface area contributed by atoms with Crippen LogP contribution >= 0.6 is 0 Å². The number of nitrogens with two attached hydrogens (primary N) is 1. The minimum Gasteiger partial charge on any atom is -0.490 e. The summed E-state index contributed by atoms with van der Waals surface area (Å²) in [5, 5.41) is 8.84. The summed E-state index contributed by atoms with van der Waals surface area (Å²) in [7, 11) is 0. The highest BCUT2D eigenvalue weighted by Crippen LogP contribution is 2.29. The molecule has 1 aromatic carbocycles. The number of hydrogen-bond acceptors (Lipinski definition) is 7. The molecule has 0 bridgehead atoms. The Morgan fingerprint density at radius 2 is 1.96 bits per heavy atom. The number of esters is 1. The number of carbonyl (C=O) groups is 2. The summed E-state index contributed by atoms with van der Waals surface area (Å²) in [4.78, 5) is 23.5. The van der Waals surface area contributed by atoms with Gasteiger partial charge in [-0.1, -0.05) is 13.0 Å². The highest BCUT2D eigenvalue weighted by molar-refractivity contribution is 6.01. The van der Waals surface area contributed by atoms with Crippen molar-refractivity contribution in [1.29, 1.82) is 5.26 Å². The molecule has 0 aliphatic carbocycles. The lowest BCUT2D eigenvalue weighted by molar-refractivity contribution is -0.141. The Morgan fingerprint density at radius 3 is 2.56 bits per heavy atom. The molecule has 0 amide bonds. The van der Waals surface area contributed by atoms with Gasteiger partial charge in [0.2, 0.25) is 5.78 Å². The van der Waals surface area contributed by atoms with Gasteiger partial charge in [0.1, 0.15) is 11.6 Å². The zero-order valence-electron chi connectivity index (χ0n) is 15.8. The van der Waals surface area contributed by atoms with Crippen molar-refractivity contribution in [2.24, 2.45) is 5.73 Å².